The lowest BCUT2D eigenvalue weighted by atomic mass is 9.82. The van der Waals surface area contributed by atoms with Crippen LogP contribution in [0, 0.1) is 0 Å². The Morgan fingerprint density at radius 3 is 2.27 bits per heavy atom. The molecule has 0 aromatic rings. The summed E-state index contributed by atoms with van der Waals surface area (Å²) in [4.78, 5) is 0. The fourth-order valence-corrected chi connectivity index (χ4v) is 1.54. The average molecular weight is 157 g/mol. The Hall–Kier alpha value is -0.770. The van der Waals surface area contributed by atoms with Crippen LogP contribution in [0.5, 0.6) is 0 Å². The molecule has 0 heterocycles. The maximum atomic E-state index is 8.44. The number of rotatable bonds is 1. The predicted octanol–water partition coefficient (Wildman–Crippen LogP) is 0.394. The third-order valence-corrected chi connectivity index (χ3v) is 2.36. The van der Waals surface area contributed by atoms with Crippen LogP contribution in [0.2, 0.25) is 0 Å². The smallest absolute Gasteiger partial charge is 0.159 e. The zero-order valence-electron chi connectivity index (χ0n) is 6.58. The maximum Gasteiger partial charge on any atom is 0.159 e. The van der Waals surface area contributed by atoms with Gasteiger partial charge in [0.2, 0.25) is 0 Å². The van der Waals surface area contributed by atoms with Crippen LogP contribution in [0.3, 0.4) is 0 Å². The monoisotopic (exact) mass is 157 g/mol. The Morgan fingerprint density at radius 1 is 1.27 bits per heavy atom. The molecule has 64 valence electrons. The summed E-state index contributed by atoms with van der Waals surface area (Å²) in [5, 5.41) is 11.4. The van der Waals surface area contributed by atoms with Gasteiger partial charge in [0, 0.05) is 0 Å². The number of hydrogen-bond acceptors (Lipinski definition) is 3. The first-order chi connectivity index (χ1) is 5.19. The minimum Gasteiger partial charge on any atom is -0.409 e. The van der Waals surface area contributed by atoms with Gasteiger partial charge in [0.1, 0.15) is 0 Å². The summed E-state index contributed by atoms with van der Waals surface area (Å²) in [6.07, 6.45) is 5.03. The van der Waals surface area contributed by atoms with Crippen molar-refractivity contribution in [3.63, 3.8) is 0 Å². The molecule has 1 aliphatic rings. The molecule has 1 aliphatic carbocycles. The highest BCUT2D eigenvalue weighted by Gasteiger charge is 2.31. The maximum absolute atomic E-state index is 8.44. The van der Waals surface area contributed by atoms with Crippen molar-refractivity contribution in [2.24, 2.45) is 16.6 Å². The van der Waals surface area contributed by atoms with Gasteiger partial charge in [-0.3, -0.25) is 0 Å². The third-order valence-electron chi connectivity index (χ3n) is 2.36. The van der Waals surface area contributed by atoms with Crippen LogP contribution in [0.4, 0.5) is 0 Å². The van der Waals surface area contributed by atoms with Crippen molar-refractivity contribution >= 4 is 5.84 Å². The summed E-state index contributed by atoms with van der Waals surface area (Å²) in [6, 6.07) is 0. The first-order valence-corrected chi connectivity index (χ1v) is 3.96. The van der Waals surface area contributed by atoms with Crippen LogP contribution >= 0.6 is 0 Å². The minimum atomic E-state index is -0.535. The predicted molar refractivity (Wildman–Crippen MR) is 43.4 cm³/mol. The quantitative estimate of drug-likeness (QED) is 0.223. The van der Waals surface area contributed by atoms with Gasteiger partial charge in [-0.05, 0) is 12.8 Å². The summed E-state index contributed by atoms with van der Waals surface area (Å²) in [7, 11) is 0. The summed E-state index contributed by atoms with van der Waals surface area (Å²) in [5.74, 6) is 0.178. The molecule has 4 heteroatoms. The second kappa shape index (κ2) is 3.09. The van der Waals surface area contributed by atoms with Gasteiger partial charge in [-0.25, -0.2) is 0 Å². The van der Waals surface area contributed by atoms with Crippen molar-refractivity contribution in [2.75, 3.05) is 0 Å². The van der Waals surface area contributed by atoms with Crippen molar-refractivity contribution < 1.29 is 5.21 Å². The molecule has 1 saturated carbocycles. The van der Waals surface area contributed by atoms with Gasteiger partial charge in [0.15, 0.2) is 5.84 Å². The molecule has 0 atom stereocenters. The van der Waals surface area contributed by atoms with Gasteiger partial charge in [-0.1, -0.05) is 24.4 Å². The van der Waals surface area contributed by atoms with Crippen LogP contribution in [0.1, 0.15) is 32.1 Å². The molecule has 0 unspecified atom stereocenters. The first kappa shape index (κ1) is 8.33. The number of hydrogen-bond donors (Lipinski definition) is 3. The van der Waals surface area contributed by atoms with E-state index in [4.69, 9.17) is 16.7 Å². The molecule has 0 saturated heterocycles. The normalized spacial score (nSPS) is 25.0. The molecule has 0 aromatic heterocycles. The van der Waals surface area contributed by atoms with E-state index in [2.05, 4.69) is 5.16 Å². The van der Waals surface area contributed by atoms with E-state index in [9.17, 15) is 0 Å². The number of nitrogens with two attached hydrogens (primary N) is 2. The number of nitrogens with zero attached hydrogens (tertiary/aromatic N) is 1. The van der Waals surface area contributed by atoms with Crippen LogP contribution < -0.4 is 11.5 Å². The fourth-order valence-electron chi connectivity index (χ4n) is 1.54. The topological polar surface area (TPSA) is 84.6 Å². The number of amidine groups is 1. The molecule has 0 amide bonds. The molecular formula is C7H15N3O. The summed E-state index contributed by atoms with van der Waals surface area (Å²) in [6.45, 7) is 0. The lowest BCUT2D eigenvalue weighted by molar-refractivity contribution is 0.301. The fraction of sp³-hybridized carbons (Fsp3) is 0.857. The minimum absolute atomic E-state index is 0.178. The van der Waals surface area contributed by atoms with Crippen molar-refractivity contribution in [3.05, 3.63) is 0 Å². The third kappa shape index (κ3) is 1.63. The van der Waals surface area contributed by atoms with Gasteiger partial charge in [-0.2, -0.15) is 0 Å². The highest BCUT2D eigenvalue weighted by molar-refractivity contribution is 5.89. The highest BCUT2D eigenvalue weighted by Crippen LogP contribution is 2.25. The lowest BCUT2D eigenvalue weighted by Gasteiger charge is -2.31. The molecule has 4 nitrogen and oxygen atoms in total. The zero-order chi connectivity index (χ0) is 8.32. The molecule has 0 aliphatic heterocycles. The molecule has 11 heavy (non-hydrogen) atoms. The Balaban J connectivity index is 2.64. The molecule has 0 bridgehead atoms. The van der Waals surface area contributed by atoms with Crippen molar-refractivity contribution in [2.45, 2.75) is 37.6 Å². The van der Waals surface area contributed by atoms with E-state index in [1.165, 1.54) is 6.42 Å². The van der Waals surface area contributed by atoms with E-state index in [0.29, 0.717) is 0 Å². The van der Waals surface area contributed by atoms with Crippen LogP contribution in [0.15, 0.2) is 5.16 Å². The zero-order valence-corrected chi connectivity index (χ0v) is 6.58. The molecule has 0 spiro atoms. The van der Waals surface area contributed by atoms with Gasteiger partial charge >= 0.3 is 0 Å². The summed E-state index contributed by atoms with van der Waals surface area (Å²) >= 11 is 0. The van der Waals surface area contributed by atoms with Crippen LogP contribution in [-0.4, -0.2) is 16.6 Å². The van der Waals surface area contributed by atoms with Gasteiger partial charge < -0.3 is 16.7 Å². The van der Waals surface area contributed by atoms with Gasteiger partial charge in [-0.15, -0.1) is 0 Å². The van der Waals surface area contributed by atoms with E-state index in [-0.39, 0.29) is 5.84 Å². The Bertz CT molecular complexity index is 161. The standard InChI is InChI=1S/C7H15N3O/c8-6(10-11)7(9)4-2-1-3-5-7/h11H,1-5,9H2,(H2,8,10). The van der Waals surface area contributed by atoms with Gasteiger partial charge in [0.25, 0.3) is 0 Å². The largest absolute Gasteiger partial charge is 0.409 e. The van der Waals surface area contributed by atoms with Crippen molar-refractivity contribution in [1.82, 2.24) is 0 Å². The molecule has 5 N–H and O–H groups in total. The summed E-state index contributed by atoms with van der Waals surface area (Å²) < 4.78 is 0. The average Bonchev–Trinajstić information content (AvgIpc) is 2.04. The van der Waals surface area contributed by atoms with Crippen LogP contribution in [0.25, 0.3) is 0 Å². The molecule has 1 fully saturated rings. The van der Waals surface area contributed by atoms with E-state index in [0.717, 1.165) is 25.7 Å². The molecule has 0 aromatic carbocycles. The second-order valence-electron chi connectivity index (χ2n) is 3.20. The van der Waals surface area contributed by atoms with Crippen LogP contribution in [-0.2, 0) is 0 Å². The van der Waals surface area contributed by atoms with E-state index < -0.39 is 5.54 Å². The highest BCUT2D eigenvalue weighted by atomic mass is 16.4. The summed E-state index contributed by atoms with van der Waals surface area (Å²) in [5.41, 5.74) is 10.8. The van der Waals surface area contributed by atoms with E-state index >= 15 is 0 Å². The molecule has 0 radical (unpaired) electrons. The van der Waals surface area contributed by atoms with Crippen molar-refractivity contribution in [3.8, 4) is 0 Å². The Morgan fingerprint density at radius 2 is 1.82 bits per heavy atom. The Kier molecular flexibility index (Phi) is 2.34. The molecular weight excluding hydrogens is 142 g/mol. The Labute approximate surface area is 66.2 Å². The lowest BCUT2D eigenvalue weighted by Crippen LogP contribution is -2.53. The number of oxime groups is 1. The first-order valence-electron chi connectivity index (χ1n) is 3.96. The van der Waals surface area contributed by atoms with E-state index in [1.54, 1.807) is 0 Å². The SMILES string of the molecule is N/C(=N\O)C1(N)CCCCC1. The van der Waals surface area contributed by atoms with Crippen molar-refractivity contribution in [1.29, 1.82) is 0 Å². The molecule has 1 rings (SSSR count). The van der Waals surface area contributed by atoms with Gasteiger partial charge in [0.05, 0.1) is 5.54 Å². The van der Waals surface area contributed by atoms with E-state index in [1.807, 2.05) is 0 Å². The second-order valence-corrected chi connectivity index (χ2v) is 3.20.